The van der Waals surface area contributed by atoms with Crippen LogP contribution in [0.4, 0.5) is 0 Å². The Hall–Kier alpha value is -0.940. The van der Waals surface area contributed by atoms with Crippen molar-refractivity contribution in [1.82, 2.24) is 10.2 Å². The van der Waals surface area contributed by atoms with Gasteiger partial charge in [0.05, 0.1) is 4.88 Å². The maximum absolute atomic E-state index is 11.8. The van der Waals surface area contributed by atoms with E-state index in [-0.39, 0.29) is 5.91 Å². The molecule has 3 nitrogen and oxygen atoms in total. The van der Waals surface area contributed by atoms with Crippen LogP contribution >= 0.6 is 23.6 Å². The highest BCUT2D eigenvalue weighted by Gasteiger charge is 2.15. The number of carbonyl (C=O) groups is 1. The molecule has 1 aliphatic rings. The normalized spacial score (nSPS) is 16.4. The molecule has 0 radical (unpaired) electrons. The van der Waals surface area contributed by atoms with E-state index < -0.39 is 0 Å². The van der Waals surface area contributed by atoms with Crippen LogP contribution < -0.4 is 5.32 Å². The summed E-state index contributed by atoms with van der Waals surface area (Å²) in [4.78, 5) is 14.6. The Bertz CT molecular complexity index is 381. The second-order valence-electron chi connectivity index (χ2n) is 4.14. The smallest absolute Gasteiger partial charge is 0.267 e. The lowest BCUT2D eigenvalue weighted by atomic mass is 10.2. The Morgan fingerprint density at radius 3 is 2.59 bits per heavy atom. The first-order chi connectivity index (χ1) is 8.27. The first kappa shape index (κ1) is 12.5. The molecule has 1 fully saturated rings. The summed E-state index contributed by atoms with van der Waals surface area (Å²) in [5, 5.41) is 5.28. The van der Waals surface area contributed by atoms with Gasteiger partial charge in [0.25, 0.3) is 5.91 Å². The van der Waals surface area contributed by atoms with E-state index in [2.05, 4.69) is 10.2 Å². The van der Waals surface area contributed by atoms with Crippen molar-refractivity contribution in [3.05, 3.63) is 22.4 Å². The molecule has 0 atom stereocenters. The summed E-state index contributed by atoms with van der Waals surface area (Å²) in [6, 6.07) is 3.68. The average molecular weight is 268 g/mol. The summed E-state index contributed by atoms with van der Waals surface area (Å²) < 4.78 is 0. The summed E-state index contributed by atoms with van der Waals surface area (Å²) in [6.07, 6.45) is 4.85. The van der Waals surface area contributed by atoms with Gasteiger partial charge in [0.2, 0.25) is 0 Å². The molecule has 0 unspecified atom stereocenters. The number of likely N-dealkylation sites (tertiary alicyclic amines) is 1. The fraction of sp³-hybridized carbons (Fsp3) is 0.500. The monoisotopic (exact) mass is 268 g/mol. The summed E-state index contributed by atoms with van der Waals surface area (Å²) >= 11 is 6.72. The molecule has 17 heavy (non-hydrogen) atoms. The average Bonchev–Trinajstić information content (AvgIpc) is 2.71. The molecule has 0 aromatic carbocycles. The SMILES string of the molecule is O=C(NC(=S)N1CCCCCC1)c1cccs1. The number of rotatable bonds is 1. The van der Waals surface area contributed by atoms with Crippen molar-refractivity contribution in [2.45, 2.75) is 25.7 Å². The van der Waals surface area contributed by atoms with Crippen LogP contribution in [0, 0.1) is 0 Å². The van der Waals surface area contributed by atoms with Gasteiger partial charge in [-0.1, -0.05) is 18.9 Å². The molecule has 1 amide bonds. The number of thiocarbonyl (C=S) groups is 1. The van der Waals surface area contributed by atoms with E-state index in [0.717, 1.165) is 25.9 Å². The topological polar surface area (TPSA) is 32.3 Å². The first-order valence-corrected chi connectivity index (χ1v) is 7.20. The number of carbonyl (C=O) groups excluding carboxylic acids is 1. The van der Waals surface area contributed by atoms with Gasteiger partial charge in [-0.05, 0) is 36.5 Å². The molecule has 1 saturated heterocycles. The molecule has 0 saturated carbocycles. The van der Waals surface area contributed by atoms with E-state index in [1.165, 1.54) is 24.2 Å². The summed E-state index contributed by atoms with van der Waals surface area (Å²) in [5.41, 5.74) is 0. The molecule has 1 aliphatic heterocycles. The molecular formula is C12H16N2OS2. The van der Waals surface area contributed by atoms with Crippen molar-refractivity contribution in [3.63, 3.8) is 0 Å². The highest BCUT2D eigenvalue weighted by atomic mass is 32.1. The van der Waals surface area contributed by atoms with Gasteiger partial charge < -0.3 is 4.90 Å². The van der Waals surface area contributed by atoms with Gasteiger partial charge in [0, 0.05) is 13.1 Å². The third-order valence-electron chi connectivity index (χ3n) is 2.86. The third kappa shape index (κ3) is 3.51. The second kappa shape index (κ2) is 6.12. The molecule has 0 bridgehead atoms. The highest BCUT2D eigenvalue weighted by molar-refractivity contribution is 7.80. The molecule has 5 heteroatoms. The van der Waals surface area contributed by atoms with Crippen LogP contribution in [-0.2, 0) is 0 Å². The number of nitrogens with one attached hydrogen (secondary N) is 1. The molecule has 0 spiro atoms. The van der Waals surface area contributed by atoms with Crippen LogP contribution in [0.3, 0.4) is 0 Å². The van der Waals surface area contributed by atoms with Gasteiger partial charge >= 0.3 is 0 Å². The standard InChI is InChI=1S/C12H16N2OS2/c15-11(10-6-5-9-17-10)13-12(16)14-7-3-1-2-4-8-14/h5-6,9H,1-4,7-8H2,(H,13,15,16). The van der Waals surface area contributed by atoms with Crippen LogP contribution in [0.25, 0.3) is 0 Å². The number of nitrogens with zero attached hydrogens (tertiary/aromatic N) is 1. The van der Waals surface area contributed by atoms with Crippen molar-refractivity contribution < 1.29 is 4.79 Å². The van der Waals surface area contributed by atoms with E-state index in [4.69, 9.17) is 12.2 Å². The first-order valence-electron chi connectivity index (χ1n) is 5.91. The van der Waals surface area contributed by atoms with Crippen LogP contribution in [0.1, 0.15) is 35.4 Å². The van der Waals surface area contributed by atoms with Gasteiger partial charge in [-0.2, -0.15) is 0 Å². The highest BCUT2D eigenvalue weighted by Crippen LogP contribution is 2.11. The molecular weight excluding hydrogens is 252 g/mol. The minimum Gasteiger partial charge on any atom is -0.349 e. The zero-order valence-corrected chi connectivity index (χ0v) is 11.3. The minimum absolute atomic E-state index is 0.0887. The predicted molar refractivity (Wildman–Crippen MR) is 74.4 cm³/mol. The molecule has 2 heterocycles. The van der Waals surface area contributed by atoms with Gasteiger partial charge in [-0.15, -0.1) is 11.3 Å². The largest absolute Gasteiger partial charge is 0.349 e. The van der Waals surface area contributed by atoms with E-state index in [1.54, 1.807) is 0 Å². The number of amides is 1. The van der Waals surface area contributed by atoms with Crippen LogP contribution in [-0.4, -0.2) is 29.0 Å². The van der Waals surface area contributed by atoms with E-state index in [1.807, 2.05) is 17.5 Å². The van der Waals surface area contributed by atoms with Crippen LogP contribution in [0.15, 0.2) is 17.5 Å². The number of hydrogen-bond acceptors (Lipinski definition) is 3. The lowest BCUT2D eigenvalue weighted by Crippen LogP contribution is -2.42. The Morgan fingerprint density at radius 2 is 2.00 bits per heavy atom. The van der Waals surface area contributed by atoms with Gasteiger partial charge in [0.1, 0.15) is 0 Å². The minimum atomic E-state index is -0.0887. The number of thiophene rings is 1. The third-order valence-corrected chi connectivity index (χ3v) is 4.09. The van der Waals surface area contributed by atoms with Crippen molar-refractivity contribution in [2.24, 2.45) is 0 Å². The Kier molecular flexibility index (Phi) is 4.50. The molecule has 1 N–H and O–H groups in total. The summed E-state index contributed by atoms with van der Waals surface area (Å²) in [7, 11) is 0. The zero-order chi connectivity index (χ0) is 12.1. The van der Waals surface area contributed by atoms with Crippen LogP contribution in [0.2, 0.25) is 0 Å². The molecule has 92 valence electrons. The van der Waals surface area contributed by atoms with Gasteiger partial charge in [-0.3, -0.25) is 10.1 Å². The molecule has 0 aliphatic carbocycles. The maximum atomic E-state index is 11.8. The fourth-order valence-corrected chi connectivity index (χ4v) is 2.81. The second-order valence-corrected chi connectivity index (χ2v) is 5.47. The maximum Gasteiger partial charge on any atom is 0.267 e. The van der Waals surface area contributed by atoms with E-state index in [0.29, 0.717) is 9.99 Å². The molecule has 2 rings (SSSR count). The van der Waals surface area contributed by atoms with Crippen molar-refractivity contribution >= 4 is 34.6 Å². The van der Waals surface area contributed by atoms with Gasteiger partial charge in [-0.25, -0.2) is 0 Å². The Morgan fingerprint density at radius 1 is 1.29 bits per heavy atom. The van der Waals surface area contributed by atoms with E-state index in [9.17, 15) is 4.79 Å². The van der Waals surface area contributed by atoms with Crippen molar-refractivity contribution in [2.75, 3.05) is 13.1 Å². The number of hydrogen-bond donors (Lipinski definition) is 1. The lowest BCUT2D eigenvalue weighted by molar-refractivity contribution is 0.0977. The van der Waals surface area contributed by atoms with Gasteiger partial charge in [0.15, 0.2) is 5.11 Å². The van der Waals surface area contributed by atoms with Crippen molar-refractivity contribution in [3.8, 4) is 0 Å². The lowest BCUT2D eigenvalue weighted by Gasteiger charge is -2.22. The quantitative estimate of drug-likeness (QED) is 0.795. The predicted octanol–water partition coefficient (Wildman–Crippen LogP) is 2.64. The zero-order valence-electron chi connectivity index (χ0n) is 9.65. The fourth-order valence-electron chi connectivity index (χ4n) is 1.92. The van der Waals surface area contributed by atoms with Crippen molar-refractivity contribution in [1.29, 1.82) is 0 Å². The Balaban J connectivity index is 1.89. The van der Waals surface area contributed by atoms with Crippen LogP contribution in [0.5, 0.6) is 0 Å². The molecule has 1 aromatic rings. The summed E-state index contributed by atoms with van der Waals surface area (Å²) in [5.74, 6) is -0.0887. The van der Waals surface area contributed by atoms with E-state index >= 15 is 0 Å². The molecule has 1 aromatic heterocycles. The Labute approximate surface area is 111 Å². The summed E-state index contributed by atoms with van der Waals surface area (Å²) in [6.45, 7) is 1.92.